The van der Waals surface area contributed by atoms with Gasteiger partial charge in [-0.25, -0.2) is 0 Å². The lowest BCUT2D eigenvalue weighted by atomic mass is 9.77. The first-order chi connectivity index (χ1) is 13.4. The summed E-state index contributed by atoms with van der Waals surface area (Å²) in [5.74, 6) is 1.61. The van der Waals surface area contributed by atoms with Crippen molar-refractivity contribution >= 4 is 12.6 Å². The largest absolute Gasteiger partial charge is 0.494 e. The number of fused-ring (bicyclic) bond motifs is 5. The number of nitrogens with zero attached hydrogens (tertiary/aromatic N) is 1. The van der Waals surface area contributed by atoms with Crippen LogP contribution in [-0.2, 0) is 9.31 Å². The van der Waals surface area contributed by atoms with E-state index in [0.29, 0.717) is 0 Å². The van der Waals surface area contributed by atoms with Gasteiger partial charge in [-0.1, -0.05) is 30.3 Å². The Morgan fingerprint density at radius 2 is 1.43 bits per heavy atom. The minimum Gasteiger partial charge on any atom is -0.456 e. The minimum atomic E-state index is -0.416. The lowest BCUT2D eigenvalue weighted by Crippen LogP contribution is -2.41. The van der Waals surface area contributed by atoms with Crippen LogP contribution >= 0.6 is 0 Å². The summed E-state index contributed by atoms with van der Waals surface area (Å²) in [7, 11) is -0.416. The molecule has 2 aromatic carbocycles. The van der Waals surface area contributed by atoms with Crippen LogP contribution in [0.15, 0.2) is 60.8 Å². The molecule has 0 aliphatic carbocycles. The zero-order chi connectivity index (χ0) is 19.5. The predicted molar refractivity (Wildman–Crippen MR) is 111 cm³/mol. The van der Waals surface area contributed by atoms with Gasteiger partial charge in [0.25, 0.3) is 0 Å². The number of aromatic nitrogens is 1. The highest BCUT2D eigenvalue weighted by molar-refractivity contribution is 6.62. The summed E-state index contributed by atoms with van der Waals surface area (Å²) in [5.41, 5.74) is 4.16. The maximum Gasteiger partial charge on any atom is 0.494 e. The van der Waals surface area contributed by atoms with Gasteiger partial charge < -0.3 is 14.0 Å². The fourth-order valence-corrected chi connectivity index (χ4v) is 3.68. The van der Waals surface area contributed by atoms with E-state index in [0.717, 1.165) is 39.3 Å². The van der Waals surface area contributed by atoms with Crippen molar-refractivity contribution in [3.63, 3.8) is 0 Å². The Hall–Kier alpha value is -2.63. The quantitative estimate of drug-likeness (QED) is 0.450. The highest BCUT2D eigenvalue weighted by Crippen LogP contribution is 2.45. The normalized spacial score (nSPS) is 18.5. The molecule has 0 N–H and O–H groups in total. The molecule has 3 heterocycles. The molecule has 0 radical (unpaired) electrons. The van der Waals surface area contributed by atoms with Crippen LogP contribution in [0.3, 0.4) is 0 Å². The Morgan fingerprint density at radius 3 is 2.21 bits per heavy atom. The molecule has 1 saturated heterocycles. The third kappa shape index (κ3) is 2.58. The third-order valence-corrected chi connectivity index (χ3v) is 5.99. The second-order valence-corrected chi connectivity index (χ2v) is 8.34. The maximum absolute atomic E-state index is 6.26. The van der Waals surface area contributed by atoms with Gasteiger partial charge in [0.05, 0.1) is 16.9 Å². The molecule has 0 bridgehead atoms. The van der Waals surface area contributed by atoms with Crippen LogP contribution in [0.4, 0.5) is 0 Å². The fourth-order valence-electron chi connectivity index (χ4n) is 3.68. The van der Waals surface area contributed by atoms with E-state index in [9.17, 15) is 0 Å². The summed E-state index contributed by atoms with van der Waals surface area (Å²) in [6, 6.07) is 18.2. The number of ether oxygens (including phenoxy) is 1. The van der Waals surface area contributed by atoms with Gasteiger partial charge in [-0.05, 0) is 57.4 Å². The van der Waals surface area contributed by atoms with E-state index in [4.69, 9.17) is 14.0 Å². The van der Waals surface area contributed by atoms with Crippen LogP contribution in [0.1, 0.15) is 27.7 Å². The van der Waals surface area contributed by atoms with Crippen LogP contribution in [0.5, 0.6) is 11.5 Å². The molecule has 0 spiro atoms. The molecule has 1 fully saturated rings. The predicted octanol–water partition coefficient (Wildman–Crippen LogP) is 4.82. The standard InChI is InChI=1S/C23H22BNO3/c1-22(2)23(3,4)28-24(27-22)15-11-12-20-18(14-15)16-9-7-13-25-21(16)17-8-5-6-10-19(17)26-20/h5-14H,1-4H3. The zero-order valence-corrected chi connectivity index (χ0v) is 16.5. The van der Waals surface area contributed by atoms with Crippen molar-refractivity contribution < 1.29 is 14.0 Å². The smallest absolute Gasteiger partial charge is 0.456 e. The van der Waals surface area contributed by atoms with Crippen LogP contribution in [0, 0.1) is 0 Å². The van der Waals surface area contributed by atoms with Gasteiger partial charge in [0.15, 0.2) is 0 Å². The summed E-state index contributed by atoms with van der Waals surface area (Å²) in [5, 5.41) is 0. The Kier molecular flexibility index (Phi) is 3.70. The van der Waals surface area contributed by atoms with E-state index in [-0.39, 0.29) is 11.2 Å². The van der Waals surface area contributed by atoms with Gasteiger partial charge in [-0.15, -0.1) is 0 Å². The van der Waals surface area contributed by atoms with Gasteiger partial charge in [0.1, 0.15) is 11.5 Å². The summed E-state index contributed by atoms with van der Waals surface area (Å²) >= 11 is 0. The third-order valence-electron chi connectivity index (χ3n) is 5.99. The average molecular weight is 371 g/mol. The molecule has 4 nitrogen and oxygen atoms in total. The lowest BCUT2D eigenvalue weighted by molar-refractivity contribution is 0.00578. The molecule has 2 aliphatic heterocycles. The lowest BCUT2D eigenvalue weighted by Gasteiger charge is -2.32. The van der Waals surface area contributed by atoms with Crippen molar-refractivity contribution in [2.75, 3.05) is 0 Å². The molecular formula is C23H22BNO3. The zero-order valence-electron chi connectivity index (χ0n) is 16.5. The summed E-state index contributed by atoms with van der Waals surface area (Å²) in [6.07, 6.45) is 1.82. The molecule has 1 aromatic heterocycles. The monoisotopic (exact) mass is 371 g/mol. The first-order valence-electron chi connectivity index (χ1n) is 9.58. The molecule has 5 rings (SSSR count). The van der Waals surface area contributed by atoms with Crippen LogP contribution < -0.4 is 10.2 Å². The summed E-state index contributed by atoms with van der Waals surface area (Å²) in [6.45, 7) is 8.26. The maximum atomic E-state index is 6.26. The Morgan fingerprint density at radius 1 is 0.750 bits per heavy atom. The number of pyridine rings is 1. The highest BCUT2D eigenvalue weighted by atomic mass is 16.7. The van der Waals surface area contributed by atoms with Gasteiger partial charge in [0.2, 0.25) is 0 Å². The molecule has 28 heavy (non-hydrogen) atoms. The fraction of sp³-hybridized carbons (Fsp3) is 0.261. The van der Waals surface area contributed by atoms with Crippen LogP contribution in [-0.4, -0.2) is 23.3 Å². The molecule has 0 atom stereocenters. The SMILES string of the molecule is CC1(C)OB(c2ccc3c(c2)-c2cccnc2-c2ccccc2O3)OC1(C)C. The molecule has 140 valence electrons. The molecule has 3 aromatic rings. The van der Waals surface area contributed by atoms with Gasteiger partial charge >= 0.3 is 7.12 Å². The van der Waals surface area contributed by atoms with Crippen molar-refractivity contribution in [1.82, 2.24) is 4.98 Å². The van der Waals surface area contributed by atoms with E-state index in [1.807, 2.05) is 48.7 Å². The van der Waals surface area contributed by atoms with E-state index in [2.05, 4.69) is 44.8 Å². The number of rotatable bonds is 1. The molecule has 2 aliphatic rings. The molecule has 5 heteroatoms. The summed E-state index contributed by atoms with van der Waals surface area (Å²) < 4.78 is 18.7. The summed E-state index contributed by atoms with van der Waals surface area (Å²) in [4.78, 5) is 4.65. The van der Waals surface area contributed by atoms with Crippen molar-refractivity contribution in [1.29, 1.82) is 0 Å². The second-order valence-electron chi connectivity index (χ2n) is 8.34. The number of benzene rings is 2. The topological polar surface area (TPSA) is 40.6 Å². The van der Waals surface area contributed by atoms with Gasteiger partial charge in [-0.2, -0.15) is 0 Å². The van der Waals surface area contributed by atoms with Crippen molar-refractivity contribution in [2.45, 2.75) is 38.9 Å². The van der Waals surface area contributed by atoms with E-state index in [1.165, 1.54) is 0 Å². The Bertz CT molecular complexity index is 1060. The van der Waals surface area contributed by atoms with Crippen LogP contribution in [0.25, 0.3) is 22.4 Å². The highest BCUT2D eigenvalue weighted by Gasteiger charge is 2.51. The molecular weight excluding hydrogens is 349 g/mol. The van der Waals surface area contributed by atoms with Gasteiger partial charge in [-0.3, -0.25) is 4.98 Å². The second kappa shape index (κ2) is 5.93. The van der Waals surface area contributed by atoms with E-state index >= 15 is 0 Å². The first-order valence-corrected chi connectivity index (χ1v) is 9.58. The Balaban J connectivity index is 1.65. The van der Waals surface area contributed by atoms with Crippen molar-refractivity contribution in [2.24, 2.45) is 0 Å². The van der Waals surface area contributed by atoms with Crippen molar-refractivity contribution in [3.05, 3.63) is 60.8 Å². The minimum absolute atomic E-state index is 0.378. The number of hydrogen-bond donors (Lipinski definition) is 0. The molecule has 0 amide bonds. The number of para-hydroxylation sites is 1. The average Bonchev–Trinajstić information content (AvgIpc) is 2.82. The van der Waals surface area contributed by atoms with Gasteiger partial charge in [0, 0.05) is 22.9 Å². The Labute approximate surface area is 165 Å². The first kappa shape index (κ1) is 17.5. The van der Waals surface area contributed by atoms with E-state index in [1.54, 1.807) is 0 Å². The molecule has 0 saturated carbocycles. The van der Waals surface area contributed by atoms with Crippen LogP contribution in [0.2, 0.25) is 0 Å². The van der Waals surface area contributed by atoms with E-state index < -0.39 is 7.12 Å². The number of hydrogen-bond acceptors (Lipinski definition) is 4. The van der Waals surface area contributed by atoms with Crippen molar-refractivity contribution in [3.8, 4) is 33.9 Å². The molecule has 0 unspecified atom stereocenters.